The van der Waals surface area contributed by atoms with Crippen LogP contribution in [0.5, 0.6) is 0 Å². The highest BCUT2D eigenvalue weighted by Gasteiger charge is 2.16. The van der Waals surface area contributed by atoms with Crippen molar-refractivity contribution in [2.24, 2.45) is 0 Å². The molecule has 0 aliphatic carbocycles. The second-order valence-electron chi connectivity index (χ2n) is 3.77. The summed E-state index contributed by atoms with van der Waals surface area (Å²) >= 11 is 0. The van der Waals surface area contributed by atoms with Gasteiger partial charge in [0.05, 0.1) is 6.26 Å². The molecule has 1 aliphatic rings. The van der Waals surface area contributed by atoms with Crippen molar-refractivity contribution in [2.75, 3.05) is 19.6 Å². The average Bonchev–Trinajstić information content (AvgIpc) is 2.74. The van der Waals surface area contributed by atoms with Crippen molar-refractivity contribution in [3.63, 3.8) is 0 Å². The molecule has 90 valence electrons. The third-order valence-electron chi connectivity index (χ3n) is 2.56. The number of nitrogens with one attached hydrogen (secondary N) is 1. The SMILES string of the molecule is O=C1CCN(C(=O)/C=C/c2ccco2)CCN1. The highest BCUT2D eigenvalue weighted by atomic mass is 16.3. The number of furan rings is 1. The van der Waals surface area contributed by atoms with Crippen LogP contribution < -0.4 is 5.32 Å². The number of carbonyl (C=O) groups excluding carboxylic acids is 2. The quantitative estimate of drug-likeness (QED) is 0.764. The van der Waals surface area contributed by atoms with Crippen molar-refractivity contribution in [2.45, 2.75) is 6.42 Å². The zero-order chi connectivity index (χ0) is 12.1. The minimum absolute atomic E-state index is 0.00434. The minimum atomic E-state index is -0.0992. The Morgan fingerprint density at radius 1 is 1.47 bits per heavy atom. The van der Waals surface area contributed by atoms with Gasteiger partial charge >= 0.3 is 0 Å². The number of hydrogen-bond acceptors (Lipinski definition) is 3. The van der Waals surface area contributed by atoms with Crippen LogP contribution in [-0.2, 0) is 9.59 Å². The summed E-state index contributed by atoms with van der Waals surface area (Å²) in [5, 5.41) is 2.72. The minimum Gasteiger partial charge on any atom is -0.465 e. The molecular weight excluding hydrogens is 220 g/mol. The Balaban J connectivity index is 1.93. The molecule has 1 aromatic rings. The normalized spacial score (nSPS) is 16.9. The van der Waals surface area contributed by atoms with Crippen LogP contribution >= 0.6 is 0 Å². The third-order valence-corrected chi connectivity index (χ3v) is 2.56. The van der Waals surface area contributed by atoms with Crippen molar-refractivity contribution in [3.8, 4) is 0 Å². The van der Waals surface area contributed by atoms with Gasteiger partial charge in [0.25, 0.3) is 0 Å². The van der Waals surface area contributed by atoms with Crippen molar-refractivity contribution in [1.82, 2.24) is 10.2 Å². The summed E-state index contributed by atoms with van der Waals surface area (Å²) in [6, 6.07) is 3.54. The number of rotatable bonds is 2. The van der Waals surface area contributed by atoms with Gasteiger partial charge in [-0.15, -0.1) is 0 Å². The Morgan fingerprint density at radius 2 is 2.35 bits per heavy atom. The molecule has 0 bridgehead atoms. The summed E-state index contributed by atoms with van der Waals surface area (Å²) in [5.41, 5.74) is 0. The van der Waals surface area contributed by atoms with E-state index in [1.54, 1.807) is 29.4 Å². The molecule has 0 unspecified atom stereocenters. The molecule has 0 atom stereocenters. The maximum Gasteiger partial charge on any atom is 0.246 e. The van der Waals surface area contributed by atoms with Gasteiger partial charge in [0.1, 0.15) is 5.76 Å². The van der Waals surface area contributed by atoms with Gasteiger partial charge in [-0.1, -0.05) is 0 Å². The first-order valence-corrected chi connectivity index (χ1v) is 5.53. The maximum atomic E-state index is 11.8. The topological polar surface area (TPSA) is 62.6 Å². The van der Waals surface area contributed by atoms with E-state index >= 15 is 0 Å². The summed E-state index contributed by atoms with van der Waals surface area (Å²) < 4.78 is 5.09. The first kappa shape index (κ1) is 11.4. The van der Waals surface area contributed by atoms with Crippen LogP contribution in [0.4, 0.5) is 0 Å². The molecule has 0 radical (unpaired) electrons. The van der Waals surface area contributed by atoms with Gasteiger partial charge in [-0.3, -0.25) is 9.59 Å². The molecule has 1 saturated heterocycles. The van der Waals surface area contributed by atoms with Crippen molar-refractivity contribution in [1.29, 1.82) is 0 Å². The van der Waals surface area contributed by atoms with E-state index in [9.17, 15) is 9.59 Å². The lowest BCUT2D eigenvalue weighted by Crippen LogP contribution is -2.32. The average molecular weight is 234 g/mol. The number of amides is 2. The zero-order valence-electron chi connectivity index (χ0n) is 9.39. The lowest BCUT2D eigenvalue weighted by Gasteiger charge is -2.16. The summed E-state index contributed by atoms with van der Waals surface area (Å²) in [7, 11) is 0. The van der Waals surface area contributed by atoms with Crippen LogP contribution in [0.1, 0.15) is 12.2 Å². The van der Waals surface area contributed by atoms with Crippen molar-refractivity contribution < 1.29 is 14.0 Å². The van der Waals surface area contributed by atoms with Gasteiger partial charge in [0.15, 0.2) is 0 Å². The Hall–Kier alpha value is -2.04. The number of nitrogens with zero attached hydrogens (tertiary/aromatic N) is 1. The summed E-state index contributed by atoms with van der Waals surface area (Å²) in [6.45, 7) is 1.53. The van der Waals surface area contributed by atoms with E-state index in [0.717, 1.165) is 0 Å². The van der Waals surface area contributed by atoms with E-state index in [2.05, 4.69) is 5.32 Å². The van der Waals surface area contributed by atoms with Crippen LogP contribution in [0.3, 0.4) is 0 Å². The van der Waals surface area contributed by atoms with Gasteiger partial charge in [-0.05, 0) is 18.2 Å². The van der Waals surface area contributed by atoms with Gasteiger partial charge in [0, 0.05) is 32.1 Å². The van der Waals surface area contributed by atoms with Gasteiger partial charge in [-0.2, -0.15) is 0 Å². The predicted octanol–water partition coefficient (Wildman–Crippen LogP) is 0.641. The van der Waals surface area contributed by atoms with Crippen LogP contribution in [0.15, 0.2) is 28.9 Å². The smallest absolute Gasteiger partial charge is 0.246 e. The first-order valence-electron chi connectivity index (χ1n) is 5.53. The van der Waals surface area contributed by atoms with Crippen LogP contribution in [0, 0.1) is 0 Å². The van der Waals surface area contributed by atoms with E-state index < -0.39 is 0 Å². The molecule has 0 spiro atoms. The molecule has 2 rings (SSSR count). The Morgan fingerprint density at radius 3 is 3.12 bits per heavy atom. The molecule has 17 heavy (non-hydrogen) atoms. The number of carbonyl (C=O) groups is 2. The van der Waals surface area contributed by atoms with Crippen molar-refractivity contribution >= 4 is 17.9 Å². The molecule has 1 aliphatic heterocycles. The lowest BCUT2D eigenvalue weighted by atomic mass is 10.3. The predicted molar refractivity (Wildman–Crippen MR) is 61.9 cm³/mol. The second-order valence-corrected chi connectivity index (χ2v) is 3.77. The van der Waals surface area contributed by atoms with E-state index in [4.69, 9.17) is 4.42 Å². The Bertz CT molecular complexity index is 423. The summed E-state index contributed by atoms with van der Waals surface area (Å²) in [6.07, 6.45) is 5.01. The maximum absolute atomic E-state index is 11.8. The van der Waals surface area contributed by atoms with Crippen LogP contribution in [0.2, 0.25) is 0 Å². The van der Waals surface area contributed by atoms with E-state index in [-0.39, 0.29) is 11.8 Å². The molecule has 2 heterocycles. The fraction of sp³-hybridized carbons (Fsp3) is 0.333. The highest BCUT2D eigenvalue weighted by molar-refractivity contribution is 5.92. The molecule has 1 aromatic heterocycles. The second kappa shape index (κ2) is 5.34. The van der Waals surface area contributed by atoms with Gasteiger partial charge in [0.2, 0.25) is 11.8 Å². The van der Waals surface area contributed by atoms with E-state index in [1.165, 1.54) is 6.08 Å². The molecule has 1 N–H and O–H groups in total. The van der Waals surface area contributed by atoms with Gasteiger partial charge in [-0.25, -0.2) is 0 Å². The molecule has 2 amide bonds. The standard InChI is InChI=1S/C12H14N2O3/c15-11-5-7-14(8-6-13-11)12(16)4-3-10-2-1-9-17-10/h1-4,9H,5-8H2,(H,13,15)/b4-3+. The van der Waals surface area contributed by atoms with Crippen LogP contribution in [0.25, 0.3) is 6.08 Å². The highest BCUT2D eigenvalue weighted by Crippen LogP contribution is 2.04. The van der Waals surface area contributed by atoms with E-state index in [1.807, 2.05) is 0 Å². The van der Waals surface area contributed by atoms with Crippen LogP contribution in [-0.4, -0.2) is 36.3 Å². The summed E-state index contributed by atoms with van der Waals surface area (Å²) in [4.78, 5) is 24.6. The fourth-order valence-corrected chi connectivity index (χ4v) is 1.63. The molecular formula is C12H14N2O3. The Kier molecular flexibility index (Phi) is 3.59. The molecule has 0 aromatic carbocycles. The number of hydrogen-bond donors (Lipinski definition) is 1. The molecule has 0 saturated carbocycles. The van der Waals surface area contributed by atoms with Gasteiger partial charge < -0.3 is 14.6 Å². The largest absolute Gasteiger partial charge is 0.465 e. The Labute approximate surface area is 99.1 Å². The third kappa shape index (κ3) is 3.21. The van der Waals surface area contributed by atoms with Crippen molar-refractivity contribution in [3.05, 3.63) is 30.2 Å². The summed E-state index contributed by atoms with van der Waals surface area (Å²) in [5.74, 6) is 0.538. The lowest BCUT2D eigenvalue weighted by molar-refractivity contribution is -0.125. The monoisotopic (exact) mass is 234 g/mol. The molecule has 5 heteroatoms. The molecule has 5 nitrogen and oxygen atoms in total. The fourth-order valence-electron chi connectivity index (χ4n) is 1.63. The first-order chi connectivity index (χ1) is 8.25. The zero-order valence-corrected chi connectivity index (χ0v) is 9.39. The van der Waals surface area contributed by atoms with E-state index in [0.29, 0.717) is 31.8 Å². The molecule has 1 fully saturated rings.